The molecule has 1 rings (SSSR count). The SMILES string of the molecule is [B]c1c(F)cc(C)c(F)c1F. The average molecular weight is 156 g/mol. The average Bonchev–Trinajstić information content (AvgIpc) is 1.97. The van der Waals surface area contributed by atoms with Crippen LogP contribution in [0.1, 0.15) is 5.56 Å². The van der Waals surface area contributed by atoms with Crippen molar-refractivity contribution in [3.05, 3.63) is 29.1 Å². The molecule has 0 N–H and O–H groups in total. The second-order valence-corrected chi connectivity index (χ2v) is 2.22. The van der Waals surface area contributed by atoms with E-state index in [1.54, 1.807) is 0 Å². The van der Waals surface area contributed by atoms with E-state index in [2.05, 4.69) is 0 Å². The molecule has 11 heavy (non-hydrogen) atoms. The molecule has 0 unspecified atom stereocenters. The summed E-state index contributed by atoms with van der Waals surface area (Å²) in [5.41, 5.74) is -0.859. The molecule has 4 heteroatoms. The van der Waals surface area contributed by atoms with E-state index >= 15 is 0 Å². The Morgan fingerprint density at radius 2 is 1.73 bits per heavy atom. The van der Waals surface area contributed by atoms with E-state index in [0.29, 0.717) is 0 Å². The zero-order valence-corrected chi connectivity index (χ0v) is 5.79. The van der Waals surface area contributed by atoms with Gasteiger partial charge in [0.05, 0.1) is 0 Å². The van der Waals surface area contributed by atoms with Crippen molar-refractivity contribution < 1.29 is 13.2 Å². The Balaban J connectivity index is 3.46. The molecule has 0 fully saturated rings. The van der Waals surface area contributed by atoms with Crippen molar-refractivity contribution in [3.63, 3.8) is 0 Å². The first kappa shape index (κ1) is 8.17. The van der Waals surface area contributed by atoms with Gasteiger partial charge in [-0.25, -0.2) is 13.2 Å². The van der Waals surface area contributed by atoms with E-state index in [0.717, 1.165) is 6.07 Å². The molecule has 1 aromatic rings. The van der Waals surface area contributed by atoms with Crippen LogP contribution in [0.2, 0.25) is 0 Å². The minimum Gasteiger partial charge on any atom is -0.208 e. The van der Waals surface area contributed by atoms with Gasteiger partial charge in [0.15, 0.2) is 11.6 Å². The molecule has 0 nitrogen and oxygen atoms in total. The first-order valence-corrected chi connectivity index (χ1v) is 2.93. The number of aryl methyl sites for hydroxylation is 1. The highest BCUT2D eigenvalue weighted by molar-refractivity contribution is 6.32. The number of halogens is 3. The summed E-state index contributed by atoms with van der Waals surface area (Å²) >= 11 is 0. The van der Waals surface area contributed by atoms with Crippen LogP contribution in [0.25, 0.3) is 0 Å². The molecule has 0 saturated heterocycles. The fourth-order valence-electron chi connectivity index (χ4n) is 0.727. The van der Waals surface area contributed by atoms with Gasteiger partial charge in [0, 0.05) is 0 Å². The van der Waals surface area contributed by atoms with Crippen molar-refractivity contribution >= 4 is 13.3 Å². The van der Waals surface area contributed by atoms with Gasteiger partial charge in [-0.3, -0.25) is 0 Å². The smallest absolute Gasteiger partial charge is 0.161 e. The van der Waals surface area contributed by atoms with Crippen molar-refractivity contribution in [3.8, 4) is 0 Å². The summed E-state index contributed by atoms with van der Waals surface area (Å²) in [6.45, 7) is 1.26. The Bertz CT molecular complexity index is 270. The van der Waals surface area contributed by atoms with E-state index in [4.69, 9.17) is 7.85 Å². The largest absolute Gasteiger partial charge is 0.208 e. The Hall–Kier alpha value is -0.925. The Morgan fingerprint density at radius 3 is 2.27 bits per heavy atom. The zero-order chi connectivity index (χ0) is 8.59. The van der Waals surface area contributed by atoms with Crippen molar-refractivity contribution in [2.75, 3.05) is 0 Å². The van der Waals surface area contributed by atoms with Crippen molar-refractivity contribution in [2.45, 2.75) is 6.92 Å². The van der Waals surface area contributed by atoms with Crippen LogP contribution in [0.15, 0.2) is 6.07 Å². The molecule has 0 aliphatic carbocycles. The molecule has 0 saturated carbocycles. The summed E-state index contributed by atoms with van der Waals surface area (Å²) in [4.78, 5) is 0. The highest BCUT2D eigenvalue weighted by Crippen LogP contribution is 2.09. The molecule has 1 aromatic carbocycles. The van der Waals surface area contributed by atoms with Gasteiger partial charge in [-0.2, -0.15) is 0 Å². The van der Waals surface area contributed by atoms with Gasteiger partial charge in [-0.05, 0) is 24.0 Å². The van der Waals surface area contributed by atoms with Crippen LogP contribution in [-0.4, -0.2) is 7.85 Å². The number of rotatable bonds is 0. The fourth-order valence-corrected chi connectivity index (χ4v) is 0.727. The fraction of sp³-hybridized carbons (Fsp3) is 0.143. The molecule has 0 spiro atoms. The highest BCUT2D eigenvalue weighted by atomic mass is 19.2. The Morgan fingerprint density at radius 1 is 1.18 bits per heavy atom. The van der Waals surface area contributed by atoms with Gasteiger partial charge < -0.3 is 0 Å². The zero-order valence-electron chi connectivity index (χ0n) is 5.79. The predicted molar refractivity (Wildman–Crippen MR) is 36.4 cm³/mol. The normalized spacial score (nSPS) is 10.2. The monoisotopic (exact) mass is 156 g/mol. The first-order valence-electron chi connectivity index (χ1n) is 2.93. The number of hydrogen-bond acceptors (Lipinski definition) is 0. The maximum Gasteiger partial charge on any atom is 0.161 e. The van der Waals surface area contributed by atoms with E-state index < -0.39 is 22.9 Å². The van der Waals surface area contributed by atoms with E-state index in [9.17, 15) is 13.2 Å². The summed E-state index contributed by atoms with van der Waals surface area (Å²) in [5.74, 6) is -3.34. The third-order valence-electron chi connectivity index (χ3n) is 1.38. The Kier molecular flexibility index (Phi) is 1.93. The second-order valence-electron chi connectivity index (χ2n) is 2.22. The molecule has 0 heterocycles. The van der Waals surface area contributed by atoms with Gasteiger partial charge in [0.1, 0.15) is 13.7 Å². The second kappa shape index (κ2) is 2.60. The third kappa shape index (κ3) is 1.25. The van der Waals surface area contributed by atoms with Gasteiger partial charge in [0.25, 0.3) is 0 Å². The lowest BCUT2D eigenvalue weighted by Crippen LogP contribution is -2.16. The van der Waals surface area contributed by atoms with E-state index in [-0.39, 0.29) is 5.56 Å². The molecule has 0 atom stereocenters. The van der Waals surface area contributed by atoms with Crippen molar-refractivity contribution in [1.29, 1.82) is 0 Å². The minimum absolute atomic E-state index is 0.0887. The maximum absolute atomic E-state index is 12.5. The van der Waals surface area contributed by atoms with Crippen LogP contribution in [0.3, 0.4) is 0 Å². The molecule has 0 aliphatic heterocycles. The van der Waals surface area contributed by atoms with Crippen molar-refractivity contribution in [1.82, 2.24) is 0 Å². The first-order chi connectivity index (χ1) is 5.04. The summed E-state index contributed by atoms with van der Waals surface area (Å²) in [6.07, 6.45) is 0. The maximum atomic E-state index is 12.5. The Labute approximate surface area is 63.4 Å². The molecule has 0 aromatic heterocycles. The van der Waals surface area contributed by atoms with E-state index in [1.807, 2.05) is 0 Å². The summed E-state index contributed by atoms with van der Waals surface area (Å²) in [7, 11) is 4.86. The van der Waals surface area contributed by atoms with E-state index in [1.165, 1.54) is 6.92 Å². The van der Waals surface area contributed by atoms with Gasteiger partial charge in [-0.1, -0.05) is 0 Å². The van der Waals surface area contributed by atoms with Crippen LogP contribution in [0.4, 0.5) is 13.2 Å². The lowest BCUT2D eigenvalue weighted by Gasteiger charge is -2.02. The van der Waals surface area contributed by atoms with Crippen LogP contribution < -0.4 is 5.46 Å². The summed E-state index contributed by atoms with van der Waals surface area (Å²) in [5, 5.41) is 0. The highest BCUT2D eigenvalue weighted by Gasteiger charge is 2.11. The van der Waals surface area contributed by atoms with Gasteiger partial charge >= 0.3 is 0 Å². The van der Waals surface area contributed by atoms with Crippen LogP contribution >= 0.6 is 0 Å². The quantitative estimate of drug-likeness (QED) is 0.391. The standard InChI is InChI=1S/C7H4BF3/c1-3-2-4(9)5(8)7(11)6(3)10/h2H,1H3. The minimum atomic E-state index is -1.32. The number of benzene rings is 1. The van der Waals surface area contributed by atoms with Crippen LogP contribution in [-0.2, 0) is 0 Å². The molecule has 0 amide bonds. The van der Waals surface area contributed by atoms with Crippen molar-refractivity contribution in [2.24, 2.45) is 0 Å². The summed E-state index contributed by atoms with van der Waals surface area (Å²) < 4.78 is 37.6. The van der Waals surface area contributed by atoms with Crippen LogP contribution in [0.5, 0.6) is 0 Å². The molecular weight excluding hydrogens is 152 g/mol. The summed E-state index contributed by atoms with van der Waals surface area (Å²) in [6, 6.07) is 0.855. The van der Waals surface area contributed by atoms with Crippen LogP contribution in [0, 0.1) is 24.4 Å². The van der Waals surface area contributed by atoms with Gasteiger partial charge in [0.2, 0.25) is 0 Å². The van der Waals surface area contributed by atoms with Gasteiger partial charge in [-0.15, -0.1) is 0 Å². The molecule has 56 valence electrons. The molecule has 2 radical (unpaired) electrons. The molecule has 0 aliphatic rings. The molecule has 0 bridgehead atoms. The number of hydrogen-bond donors (Lipinski definition) is 0. The third-order valence-corrected chi connectivity index (χ3v) is 1.38. The lowest BCUT2D eigenvalue weighted by molar-refractivity contribution is 0.497. The molecular formula is C7H4BF3. The lowest BCUT2D eigenvalue weighted by atomic mass is 9.93. The predicted octanol–water partition coefficient (Wildman–Crippen LogP) is 1.21. The topological polar surface area (TPSA) is 0 Å².